The van der Waals surface area contributed by atoms with Gasteiger partial charge in [-0.2, -0.15) is 0 Å². The van der Waals surface area contributed by atoms with Crippen molar-refractivity contribution in [1.29, 1.82) is 0 Å². The SMILES string of the molecule is COc1ccc(NC(=O)N2C(C)(C)CC(N)CC2(C)C)cc1OC. The van der Waals surface area contributed by atoms with E-state index in [0.29, 0.717) is 17.2 Å². The molecule has 1 saturated heterocycles. The molecule has 0 atom stereocenters. The molecule has 0 radical (unpaired) electrons. The number of carbonyl (C=O) groups excluding carboxylic acids is 1. The average Bonchev–Trinajstić information content (AvgIpc) is 2.43. The fourth-order valence-electron chi connectivity index (χ4n) is 4.00. The van der Waals surface area contributed by atoms with Crippen molar-refractivity contribution in [2.75, 3.05) is 19.5 Å². The molecule has 24 heavy (non-hydrogen) atoms. The highest BCUT2D eigenvalue weighted by atomic mass is 16.5. The lowest BCUT2D eigenvalue weighted by atomic mass is 9.77. The Bertz CT molecular complexity index is 596. The monoisotopic (exact) mass is 335 g/mol. The van der Waals surface area contributed by atoms with E-state index in [1.54, 1.807) is 32.4 Å². The number of nitrogens with one attached hydrogen (secondary N) is 1. The summed E-state index contributed by atoms with van der Waals surface area (Å²) < 4.78 is 10.5. The van der Waals surface area contributed by atoms with Crippen molar-refractivity contribution in [3.8, 4) is 11.5 Å². The second-order valence-corrected chi connectivity index (χ2v) is 7.63. The van der Waals surface area contributed by atoms with Gasteiger partial charge in [-0.15, -0.1) is 0 Å². The van der Waals surface area contributed by atoms with E-state index in [1.807, 2.05) is 4.90 Å². The lowest BCUT2D eigenvalue weighted by Crippen LogP contribution is -2.66. The number of likely N-dealkylation sites (tertiary alicyclic amines) is 1. The highest BCUT2D eigenvalue weighted by Crippen LogP contribution is 2.38. The van der Waals surface area contributed by atoms with Gasteiger partial charge in [0.15, 0.2) is 11.5 Å². The van der Waals surface area contributed by atoms with E-state index in [4.69, 9.17) is 15.2 Å². The zero-order valence-corrected chi connectivity index (χ0v) is 15.5. The summed E-state index contributed by atoms with van der Waals surface area (Å²) >= 11 is 0. The van der Waals surface area contributed by atoms with Gasteiger partial charge in [0, 0.05) is 28.9 Å². The number of hydrogen-bond acceptors (Lipinski definition) is 4. The van der Waals surface area contributed by atoms with Crippen LogP contribution in [0.1, 0.15) is 40.5 Å². The summed E-state index contributed by atoms with van der Waals surface area (Å²) in [6.45, 7) is 8.23. The van der Waals surface area contributed by atoms with Gasteiger partial charge < -0.3 is 25.4 Å². The number of nitrogens with two attached hydrogens (primary N) is 1. The van der Waals surface area contributed by atoms with Gasteiger partial charge in [0.2, 0.25) is 0 Å². The maximum Gasteiger partial charge on any atom is 0.322 e. The number of benzene rings is 1. The quantitative estimate of drug-likeness (QED) is 0.889. The number of rotatable bonds is 3. The van der Waals surface area contributed by atoms with Crippen molar-refractivity contribution >= 4 is 11.7 Å². The van der Waals surface area contributed by atoms with Crippen LogP contribution in [0.25, 0.3) is 0 Å². The lowest BCUT2D eigenvalue weighted by Gasteiger charge is -2.54. The number of hydrogen-bond donors (Lipinski definition) is 2. The number of anilines is 1. The molecule has 2 amide bonds. The molecule has 1 fully saturated rings. The van der Waals surface area contributed by atoms with Crippen molar-refractivity contribution in [3.05, 3.63) is 18.2 Å². The second-order valence-electron chi connectivity index (χ2n) is 7.63. The van der Waals surface area contributed by atoms with E-state index in [2.05, 4.69) is 33.0 Å². The molecular weight excluding hydrogens is 306 g/mol. The Labute approximate surface area is 144 Å². The van der Waals surface area contributed by atoms with E-state index in [9.17, 15) is 4.79 Å². The summed E-state index contributed by atoms with van der Waals surface area (Å²) in [4.78, 5) is 14.9. The Morgan fingerprint density at radius 2 is 1.67 bits per heavy atom. The van der Waals surface area contributed by atoms with Crippen molar-refractivity contribution in [1.82, 2.24) is 4.90 Å². The summed E-state index contributed by atoms with van der Waals surface area (Å²) in [5.41, 5.74) is 6.21. The Kier molecular flexibility index (Phi) is 4.99. The van der Waals surface area contributed by atoms with Crippen LogP contribution in [0.2, 0.25) is 0 Å². The summed E-state index contributed by atoms with van der Waals surface area (Å²) in [6.07, 6.45) is 1.55. The molecule has 0 spiro atoms. The van der Waals surface area contributed by atoms with E-state index in [0.717, 1.165) is 12.8 Å². The predicted molar refractivity (Wildman–Crippen MR) is 95.8 cm³/mol. The number of nitrogens with zero attached hydrogens (tertiary/aromatic N) is 1. The van der Waals surface area contributed by atoms with Crippen LogP contribution in [-0.4, -0.2) is 42.3 Å². The summed E-state index contributed by atoms with van der Waals surface area (Å²) in [6, 6.07) is 5.29. The third kappa shape index (κ3) is 3.59. The largest absolute Gasteiger partial charge is 0.493 e. The van der Waals surface area contributed by atoms with Gasteiger partial charge in [-0.3, -0.25) is 0 Å². The van der Waals surface area contributed by atoms with Crippen molar-refractivity contribution in [2.45, 2.75) is 57.7 Å². The Morgan fingerprint density at radius 1 is 1.12 bits per heavy atom. The Balaban J connectivity index is 2.25. The van der Waals surface area contributed by atoms with Crippen molar-refractivity contribution < 1.29 is 14.3 Å². The van der Waals surface area contributed by atoms with Gasteiger partial charge in [0.25, 0.3) is 0 Å². The van der Waals surface area contributed by atoms with E-state index in [-0.39, 0.29) is 23.2 Å². The third-order valence-corrected chi connectivity index (χ3v) is 4.57. The van der Waals surface area contributed by atoms with Crippen LogP contribution in [0.5, 0.6) is 11.5 Å². The first-order chi connectivity index (χ1) is 11.1. The van der Waals surface area contributed by atoms with Crippen LogP contribution in [0, 0.1) is 0 Å². The number of ether oxygens (including phenoxy) is 2. The fraction of sp³-hybridized carbons (Fsp3) is 0.611. The first kappa shape index (κ1) is 18.4. The Morgan fingerprint density at radius 3 is 2.17 bits per heavy atom. The minimum atomic E-state index is -0.318. The molecule has 1 aliphatic heterocycles. The molecule has 0 aliphatic carbocycles. The molecule has 1 aromatic rings. The van der Waals surface area contributed by atoms with Gasteiger partial charge in [0.1, 0.15) is 0 Å². The van der Waals surface area contributed by atoms with Crippen LogP contribution in [-0.2, 0) is 0 Å². The zero-order valence-electron chi connectivity index (χ0n) is 15.5. The first-order valence-electron chi connectivity index (χ1n) is 8.19. The van der Waals surface area contributed by atoms with E-state index < -0.39 is 0 Å². The lowest BCUT2D eigenvalue weighted by molar-refractivity contribution is 0.00876. The highest BCUT2D eigenvalue weighted by molar-refractivity contribution is 5.91. The minimum Gasteiger partial charge on any atom is -0.493 e. The summed E-state index contributed by atoms with van der Waals surface area (Å²) in [7, 11) is 3.15. The molecule has 0 saturated carbocycles. The van der Waals surface area contributed by atoms with E-state index in [1.165, 1.54) is 0 Å². The molecular formula is C18H29N3O3. The smallest absolute Gasteiger partial charge is 0.322 e. The normalized spacial score (nSPS) is 19.7. The van der Waals surface area contributed by atoms with Crippen molar-refractivity contribution in [3.63, 3.8) is 0 Å². The predicted octanol–water partition coefficient (Wildman–Crippen LogP) is 3.22. The van der Waals surface area contributed by atoms with Crippen molar-refractivity contribution in [2.24, 2.45) is 5.73 Å². The number of urea groups is 1. The van der Waals surface area contributed by atoms with Crippen LogP contribution in [0.3, 0.4) is 0 Å². The average molecular weight is 335 g/mol. The van der Waals surface area contributed by atoms with Crippen LogP contribution in [0.4, 0.5) is 10.5 Å². The van der Waals surface area contributed by atoms with Gasteiger partial charge in [0.05, 0.1) is 14.2 Å². The van der Waals surface area contributed by atoms with Gasteiger partial charge in [-0.1, -0.05) is 0 Å². The number of amides is 2. The molecule has 1 heterocycles. The van der Waals surface area contributed by atoms with Gasteiger partial charge in [-0.05, 0) is 52.7 Å². The molecule has 0 aromatic heterocycles. The zero-order chi connectivity index (χ0) is 18.1. The number of carbonyl (C=O) groups is 1. The fourth-order valence-corrected chi connectivity index (χ4v) is 4.00. The first-order valence-corrected chi connectivity index (χ1v) is 8.19. The van der Waals surface area contributed by atoms with Crippen LogP contribution < -0.4 is 20.5 Å². The molecule has 134 valence electrons. The summed E-state index contributed by atoms with van der Waals surface area (Å²) in [5, 5.41) is 2.97. The van der Waals surface area contributed by atoms with Crippen LogP contribution in [0.15, 0.2) is 18.2 Å². The highest BCUT2D eigenvalue weighted by Gasteiger charge is 2.47. The summed E-state index contributed by atoms with van der Waals surface area (Å²) in [5.74, 6) is 1.20. The molecule has 0 unspecified atom stereocenters. The maximum absolute atomic E-state index is 13.0. The van der Waals surface area contributed by atoms with Crippen LogP contribution >= 0.6 is 0 Å². The minimum absolute atomic E-state index is 0.0973. The maximum atomic E-state index is 13.0. The molecule has 6 heteroatoms. The second kappa shape index (κ2) is 6.51. The number of methoxy groups -OCH3 is 2. The molecule has 1 aromatic carbocycles. The number of piperidine rings is 1. The van der Waals surface area contributed by atoms with E-state index >= 15 is 0 Å². The molecule has 1 aliphatic rings. The standard InChI is InChI=1S/C18H29N3O3/c1-17(2)10-12(19)11-18(3,4)21(17)16(22)20-13-7-8-14(23-5)15(9-13)24-6/h7-9,12H,10-11,19H2,1-6H3,(H,20,22). The molecule has 0 bridgehead atoms. The molecule has 6 nitrogen and oxygen atoms in total. The third-order valence-electron chi connectivity index (χ3n) is 4.57. The van der Waals surface area contributed by atoms with Gasteiger partial charge >= 0.3 is 6.03 Å². The molecule has 2 rings (SSSR count). The topological polar surface area (TPSA) is 76.8 Å². The molecule has 3 N–H and O–H groups in total. The van der Waals surface area contributed by atoms with Gasteiger partial charge in [-0.25, -0.2) is 4.79 Å². The Hall–Kier alpha value is -1.95.